The molecule has 0 atom stereocenters. The number of unbranched alkanes of at least 4 members (excludes halogenated alkanes) is 1. The fraction of sp³-hybridized carbons (Fsp3) is 0.280. The Hall–Kier alpha value is -3.19. The number of sulfone groups is 1. The summed E-state index contributed by atoms with van der Waals surface area (Å²) in [6, 6.07) is 17.5. The molecule has 7 heteroatoms. The molecule has 0 aliphatic carbocycles. The van der Waals surface area contributed by atoms with Crippen LogP contribution in [0.4, 0.5) is 11.4 Å². The van der Waals surface area contributed by atoms with E-state index in [-0.39, 0.29) is 35.3 Å². The molecule has 3 aromatic carbocycles. The summed E-state index contributed by atoms with van der Waals surface area (Å²) in [5.74, 6) is -0.343. The van der Waals surface area contributed by atoms with Crippen LogP contribution in [0.15, 0.2) is 65.6 Å². The third kappa shape index (κ3) is 4.25. The van der Waals surface area contributed by atoms with Gasteiger partial charge < -0.3 is 10.2 Å². The van der Waals surface area contributed by atoms with Crippen LogP contribution < -0.4 is 10.2 Å². The molecule has 0 spiro atoms. The highest BCUT2D eigenvalue weighted by molar-refractivity contribution is 7.91. The molecule has 0 radical (unpaired) electrons. The number of anilines is 2. The first kappa shape index (κ1) is 22.0. The molecule has 1 aliphatic heterocycles. The second kappa shape index (κ2) is 9.12. The third-order valence-electron chi connectivity index (χ3n) is 5.71. The van der Waals surface area contributed by atoms with Crippen LogP contribution in [0.25, 0.3) is 10.8 Å². The van der Waals surface area contributed by atoms with Gasteiger partial charge in [-0.05, 0) is 43.2 Å². The summed E-state index contributed by atoms with van der Waals surface area (Å²) in [5.41, 5.74) is 2.16. The molecule has 0 unspecified atom stereocenters. The minimum Gasteiger partial charge on any atom is -0.326 e. The Balaban J connectivity index is 1.47. The van der Waals surface area contributed by atoms with Gasteiger partial charge >= 0.3 is 0 Å². The normalized spacial score (nSPS) is 13.0. The van der Waals surface area contributed by atoms with Gasteiger partial charge in [0.1, 0.15) is 0 Å². The van der Waals surface area contributed by atoms with Crippen LogP contribution in [-0.2, 0) is 14.6 Å². The van der Waals surface area contributed by atoms with Crippen LogP contribution in [0.2, 0.25) is 0 Å². The van der Waals surface area contributed by atoms with Gasteiger partial charge in [-0.3, -0.25) is 9.59 Å². The molecule has 0 saturated carbocycles. The molecule has 0 fully saturated rings. The predicted molar refractivity (Wildman–Crippen MR) is 127 cm³/mol. The minimum atomic E-state index is -3.41. The van der Waals surface area contributed by atoms with E-state index in [4.69, 9.17) is 0 Å². The lowest BCUT2D eigenvalue weighted by molar-refractivity contribution is -0.116. The Labute approximate surface area is 188 Å². The fourth-order valence-electron chi connectivity index (χ4n) is 4.07. The van der Waals surface area contributed by atoms with Gasteiger partial charge in [0, 0.05) is 35.0 Å². The van der Waals surface area contributed by atoms with Crippen LogP contribution in [0.5, 0.6) is 0 Å². The van der Waals surface area contributed by atoms with Crippen molar-refractivity contribution in [3.63, 3.8) is 0 Å². The molecule has 32 heavy (non-hydrogen) atoms. The van der Waals surface area contributed by atoms with E-state index in [0.717, 1.165) is 29.3 Å². The van der Waals surface area contributed by atoms with Crippen LogP contribution in [-0.4, -0.2) is 32.5 Å². The van der Waals surface area contributed by atoms with Gasteiger partial charge in [-0.2, -0.15) is 0 Å². The highest BCUT2D eigenvalue weighted by Gasteiger charge is 2.30. The zero-order valence-electron chi connectivity index (χ0n) is 18.0. The number of benzene rings is 3. The maximum Gasteiger partial charge on any atom is 0.258 e. The maximum atomic E-state index is 12.9. The molecule has 1 aliphatic rings. The van der Waals surface area contributed by atoms with Gasteiger partial charge in [0.05, 0.1) is 16.3 Å². The van der Waals surface area contributed by atoms with Gasteiger partial charge in [0.2, 0.25) is 5.91 Å². The van der Waals surface area contributed by atoms with Crippen molar-refractivity contribution in [3.8, 4) is 0 Å². The molecule has 0 saturated heterocycles. The lowest BCUT2D eigenvalue weighted by atomic mass is 10.0. The number of nitrogens with one attached hydrogen (secondary N) is 1. The van der Waals surface area contributed by atoms with Gasteiger partial charge in [0.25, 0.3) is 5.91 Å². The van der Waals surface area contributed by atoms with Crippen molar-refractivity contribution in [2.75, 3.05) is 22.5 Å². The quantitative estimate of drug-likeness (QED) is 0.508. The van der Waals surface area contributed by atoms with Crippen LogP contribution in [0.1, 0.15) is 43.0 Å². The van der Waals surface area contributed by atoms with E-state index in [9.17, 15) is 18.0 Å². The lowest BCUT2D eigenvalue weighted by Gasteiger charge is -2.17. The number of nitrogens with zero attached hydrogens (tertiary/aromatic N) is 1. The monoisotopic (exact) mass is 450 g/mol. The van der Waals surface area contributed by atoms with E-state index in [0.29, 0.717) is 17.8 Å². The summed E-state index contributed by atoms with van der Waals surface area (Å²) in [6.07, 6.45) is 2.24. The molecule has 166 valence electrons. The van der Waals surface area contributed by atoms with Gasteiger partial charge in [0.15, 0.2) is 9.84 Å². The number of carbonyl (C=O) groups is 2. The van der Waals surface area contributed by atoms with Gasteiger partial charge in [-0.15, -0.1) is 0 Å². The molecular formula is C25H26N2O4S. The van der Waals surface area contributed by atoms with Crippen molar-refractivity contribution in [1.29, 1.82) is 0 Å². The molecular weight excluding hydrogens is 424 g/mol. The first-order valence-corrected chi connectivity index (χ1v) is 12.5. The lowest BCUT2D eigenvalue weighted by Crippen LogP contribution is -2.27. The summed E-state index contributed by atoms with van der Waals surface area (Å²) in [4.78, 5) is 27.5. The Morgan fingerprint density at radius 2 is 1.75 bits per heavy atom. The Bertz CT molecular complexity index is 1270. The molecule has 6 nitrogen and oxygen atoms in total. The molecule has 4 rings (SSSR count). The Kier molecular flexibility index (Phi) is 6.28. The van der Waals surface area contributed by atoms with E-state index < -0.39 is 9.84 Å². The average Bonchev–Trinajstić information content (AvgIpc) is 3.07. The van der Waals surface area contributed by atoms with Crippen LogP contribution in [0, 0.1) is 0 Å². The highest BCUT2D eigenvalue weighted by atomic mass is 32.2. The Morgan fingerprint density at radius 1 is 0.969 bits per heavy atom. The molecule has 0 bridgehead atoms. The largest absolute Gasteiger partial charge is 0.326 e. The first-order valence-electron chi connectivity index (χ1n) is 10.9. The maximum absolute atomic E-state index is 12.9. The van der Waals surface area contributed by atoms with Crippen molar-refractivity contribution in [2.45, 2.75) is 37.5 Å². The molecule has 0 aromatic heterocycles. The van der Waals surface area contributed by atoms with E-state index in [1.165, 1.54) is 0 Å². The van der Waals surface area contributed by atoms with Gasteiger partial charge in [-0.25, -0.2) is 8.42 Å². The Morgan fingerprint density at radius 3 is 2.50 bits per heavy atom. The van der Waals surface area contributed by atoms with Crippen molar-refractivity contribution in [3.05, 3.63) is 66.2 Å². The third-order valence-corrected chi connectivity index (χ3v) is 7.53. The molecule has 3 aromatic rings. The number of amides is 2. The van der Waals surface area contributed by atoms with E-state index in [1.54, 1.807) is 35.2 Å². The topological polar surface area (TPSA) is 83.6 Å². The predicted octanol–water partition coefficient (Wildman–Crippen LogP) is 4.79. The summed E-state index contributed by atoms with van der Waals surface area (Å²) >= 11 is 0. The van der Waals surface area contributed by atoms with Crippen LogP contribution >= 0.6 is 0 Å². The second-order valence-corrected chi connectivity index (χ2v) is 10.1. The average molecular weight is 451 g/mol. The number of hydrogen-bond acceptors (Lipinski definition) is 4. The molecule has 2 amide bonds. The van der Waals surface area contributed by atoms with Gasteiger partial charge in [-0.1, -0.05) is 43.7 Å². The SMILES string of the molecule is CCCCN1C(=O)c2cccc3c(NC(=O)CCCS(=O)(=O)c4ccccc4)ccc1c23. The molecule has 1 N–H and O–H groups in total. The summed E-state index contributed by atoms with van der Waals surface area (Å²) in [7, 11) is -3.41. The molecule has 1 heterocycles. The standard InChI is InChI=1S/C25H26N2O4S/c1-2-3-16-27-22-15-14-21(19-11-7-12-20(24(19)22)25(27)29)26-23(28)13-8-17-32(30,31)18-9-5-4-6-10-18/h4-7,9-12,14-15H,2-3,8,13,16-17H2,1H3,(H,26,28). The summed E-state index contributed by atoms with van der Waals surface area (Å²) in [5, 5.41) is 4.58. The van der Waals surface area contributed by atoms with E-state index in [2.05, 4.69) is 12.2 Å². The minimum absolute atomic E-state index is 0.00588. The number of carbonyl (C=O) groups excluding carboxylic acids is 2. The second-order valence-electron chi connectivity index (χ2n) is 7.95. The fourth-order valence-corrected chi connectivity index (χ4v) is 5.41. The van der Waals surface area contributed by atoms with Crippen LogP contribution in [0.3, 0.4) is 0 Å². The van der Waals surface area contributed by atoms with Crippen molar-refractivity contribution in [2.24, 2.45) is 0 Å². The zero-order chi connectivity index (χ0) is 22.7. The smallest absolute Gasteiger partial charge is 0.258 e. The zero-order valence-corrected chi connectivity index (χ0v) is 18.8. The van der Waals surface area contributed by atoms with Crippen molar-refractivity contribution in [1.82, 2.24) is 0 Å². The van der Waals surface area contributed by atoms with Crippen molar-refractivity contribution >= 4 is 43.8 Å². The van der Waals surface area contributed by atoms with Crippen molar-refractivity contribution < 1.29 is 18.0 Å². The number of hydrogen-bond donors (Lipinski definition) is 1. The van der Waals surface area contributed by atoms with E-state index in [1.807, 2.05) is 30.3 Å². The highest BCUT2D eigenvalue weighted by Crippen LogP contribution is 2.40. The number of rotatable bonds is 9. The van der Waals surface area contributed by atoms with E-state index >= 15 is 0 Å². The summed E-state index contributed by atoms with van der Waals surface area (Å²) in [6.45, 7) is 2.76. The summed E-state index contributed by atoms with van der Waals surface area (Å²) < 4.78 is 24.8. The first-order chi connectivity index (χ1) is 15.4.